The minimum Gasteiger partial charge on any atom is -0.305 e. The molecule has 0 atom stereocenters. The molecule has 0 aromatic heterocycles. The fourth-order valence-corrected chi connectivity index (χ4v) is 2.98. The molecule has 0 fully saturated rings. The predicted octanol–water partition coefficient (Wildman–Crippen LogP) is 4.40. The molecular weight excluding hydrogens is 278 g/mol. The second-order valence-electron chi connectivity index (χ2n) is 4.20. The van der Waals surface area contributed by atoms with Crippen LogP contribution in [0.5, 0.6) is 0 Å². The van der Waals surface area contributed by atoms with Crippen molar-refractivity contribution in [3.05, 3.63) is 51.6 Å². The highest BCUT2D eigenvalue weighted by Crippen LogP contribution is 2.31. The van der Waals surface area contributed by atoms with Gasteiger partial charge in [-0.3, -0.25) is 4.79 Å². The van der Waals surface area contributed by atoms with E-state index in [-0.39, 0.29) is 5.78 Å². The van der Waals surface area contributed by atoms with E-state index in [4.69, 9.17) is 17.0 Å². The van der Waals surface area contributed by atoms with Crippen molar-refractivity contribution in [2.24, 2.45) is 0 Å². The first-order valence-electron chi connectivity index (χ1n) is 5.80. The quantitative estimate of drug-likeness (QED) is 0.616. The molecule has 4 heteroatoms. The van der Waals surface area contributed by atoms with Gasteiger partial charge in [0.25, 0.3) is 0 Å². The summed E-state index contributed by atoms with van der Waals surface area (Å²) in [6, 6.07) is 0. The van der Waals surface area contributed by atoms with Crippen LogP contribution in [0.3, 0.4) is 0 Å². The van der Waals surface area contributed by atoms with Crippen LogP contribution in [0.4, 0.5) is 0 Å². The van der Waals surface area contributed by atoms with Crippen molar-refractivity contribution in [2.75, 3.05) is 5.75 Å². The van der Waals surface area contributed by atoms with Crippen LogP contribution >= 0.6 is 23.4 Å². The van der Waals surface area contributed by atoms with Gasteiger partial charge in [-0.25, -0.2) is 0 Å². The first-order valence-corrected chi connectivity index (χ1v) is 7.16. The zero-order valence-electron chi connectivity index (χ0n) is 11.0. The number of carbonyl (C=O) groups is 1. The van der Waals surface area contributed by atoms with Crippen LogP contribution in [0.25, 0.3) is 0 Å². The van der Waals surface area contributed by atoms with E-state index in [0.29, 0.717) is 28.5 Å². The number of rotatable bonds is 4. The van der Waals surface area contributed by atoms with E-state index in [0.717, 1.165) is 10.5 Å². The van der Waals surface area contributed by atoms with Crippen LogP contribution in [0.2, 0.25) is 0 Å². The maximum atomic E-state index is 11.1. The van der Waals surface area contributed by atoms with Gasteiger partial charge in [0.2, 0.25) is 0 Å². The largest absolute Gasteiger partial charge is 0.305 e. The Morgan fingerprint density at radius 1 is 1.58 bits per heavy atom. The zero-order chi connectivity index (χ0) is 14.4. The second kappa shape index (κ2) is 7.34. The lowest BCUT2D eigenvalue weighted by molar-refractivity contribution is -0.114. The number of hydrogen-bond donors (Lipinski definition) is 1. The molecule has 1 N–H and O–H groups in total. The average Bonchev–Trinajstić information content (AvgIpc) is 2.35. The summed E-state index contributed by atoms with van der Waals surface area (Å²) in [6.07, 6.45) is 5.94. The molecule has 0 saturated carbocycles. The molecule has 2 nitrogen and oxygen atoms in total. The highest BCUT2D eigenvalue weighted by atomic mass is 35.5. The van der Waals surface area contributed by atoms with Crippen molar-refractivity contribution in [1.82, 2.24) is 0 Å². The van der Waals surface area contributed by atoms with Gasteiger partial charge in [-0.05, 0) is 37.6 Å². The molecule has 0 spiro atoms. The van der Waals surface area contributed by atoms with Crippen molar-refractivity contribution in [3.63, 3.8) is 0 Å². The van der Waals surface area contributed by atoms with Crippen LogP contribution in [0, 0.1) is 5.41 Å². The number of Topliss-reactive ketones (excluding diaryl/α,β-unsaturated/α-hetero) is 1. The lowest BCUT2D eigenvalue weighted by Gasteiger charge is -2.12. The van der Waals surface area contributed by atoms with Crippen LogP contribution in [0.15, 0.2) is 51.6 Å². The maximum Gasteiger partial charge on any atom is 0.140 e. The summed E-state index contributed by atoms with van der Waals surface area (Å²) in [6.45, 7) is 7.09. The highest BCUT2D eigenvalue weighted by molar-refractivity contribution is 8.03. The van der Waals surface area contributed by atoms with E-state index >= 15 is 0 Å². The summed E-state index contributed by atoms with van der Waals surface area (Å²) in [7, 11) is 0. The molecular formula is C15H16ClNOS. The molecule has 0 amide bonds. The summed E-state index contributed by atoms with van der Waals surface area (Å²) >= 11 is 7.70. The molecule has 0 saturated heterocycles. The summed E-state index contributed by atoms with van der Waals surface area (Å²) in [5, 5.41) is 8.37. The smallest absolute Gasteiger partial charge is 0.140 e. The second-order valence-corrected chi connectivity index (χ2v) is 5.68. The summed E-state index contributed by atoms with van der Waals surface area (Å²) in [5.74, 6) is 0.484. The standard InChI is InChI=1S/C15H16ClNOS/c1-10-6-4-5-7-14(19-9-11(2)18)15(12(3)17)13(16)8-10/h5-6,8,17H,1,7,9H2,2-3H3/b13-8+,15-14+,17-12?. The van der Waals surface area contributed by atoms with Gasteiger partial charge in [-0.15, -0.1) is 17.5 Å². The van der Waals surface area contributed by atoms with Gasteiger partial charge < -0.3 is 5.41 Å². The third kappa shape index (κ3) is 5.07. The summed E-state index contributed by atoms with van der Waals surface area (Å²) in [5.41, 5.74) is 4.82. The SMILES string of the molecule is C=C1C=C=CC/C(SCC(C)=O)=C(C(C)=N)\C(Cl)=C/1. The molecule has 0 bridgehead atoms. The topological polar surface area (TPSA) is 40.9 Å². The molecule has 1 aliphatic rings. The zero-order valence-corrected chi connectivity index (χ0v) is 12.6. The summed E-state index contributed by atoms with van der Waals surface area (Å²) < 4.78 is 0. The minimum atomic E-state index is 0.100. The van der Waals surface area contributed by atoms with Crippen LogP contribution < -0.4 is 0 Å². The van der Waals surface area contributed by atoms with E-state index in [2.05, 4.69) is 12.3 Å². The Bertz CT molecular complexity index is 548. The Hall–Kier alpha value is -1.28. The fourth-order valence-electron chi connectivity index (χ4n) is 1.54. The van der Waals surface area contributed by atoms with E-state index < -0.39 is 0 Å². The fraction of sp³-hybridized carbons (Fsp3) is 0.267. The first kappa shape index (κ1) is 15.8. The Balaban J connectivity index is 3.26. The van der Waals surface area contributed by atoms with E-state index in [1.807, 2.05) is 6.08 Å². The van der Waals surface area contributed by atoms with E-state index in [1.54, 1.807) is 26.0 Å². The third-order valence-corrected chi connectivity index (χ3v) is 3.90. The highest BCUT2D eigenvalue weighted by Gasteiger charge is 2.14. The maximum absolute atomic E-state index is 11.1. The molecule has 0 aliphatic heterocycles. The van der Waals surface area contributed by atoms with Crippen LogP contribution in [0.1, 0.15) is 20.3 Å². The van der Waals surface area contributed by atoms with Crippen LogP contribution in [-0.2, 0) is 4.79 Å². The van der Waals surface area contributed by atoms with Gasteiger partial charge in [0.05, 0.1) is 10.8 Å². The molecule has 100 valence electrons. The van der Waals surface area contributed by atoms with E-state index in [9.17, 15) is 4.79 Å². The summed E-state index contributed by atoms with van der Waals surface area (Å²) in [4.78, 5) is 12.0. The minimum absolute atomic E-state index is 0.100. The van der Waals surface area contributed by atoms with E-state index in [1.165, 1.54) is 11.8 Å². The number of hydrogen-bond acceptors (Lipinski definition) is 3. The predicted molar refractivity (Wildman–Crippen MR) is 83.9 cm³/mol. The first-order chi connectivity index (χ1) is 8.91. The average molecular weight is 294 g/mol. The number of thioether (sulfide) groups is 1. The van der Waals surface area contributed by atoms with Gasteiger partial charge >= 0.3 is 0 Å². The van der Waals surface area contributed by atoms with Gasteiger partial charge in [-0.2, -0.15) is 0 Å². The molecule has 0 aromatic rings. The van der Waals surface area contributed by atoms with Gasteiger partial charge in [-0.1, -0.05) is 18.2 Å². The van der Waals surface area contributed by atoms with Crippen LogP contribution in [-0.4, -0.2) is 17.2 Å². The Labute approximate surface area is 123 Å². The molecule has 0 heterocycles. The number of allylic oxidation sites excluding steroid dienone is 6. The van der Waals surface area contributed by atoms with Gasteiger partial charge in [0.15, 0.2) is 0 Å². The van der Waals surface area contributed by atoms with Crippen molar-refractivity contribution in [2.45, 2.75) is 20.3 Å². The monoisotopic (exact) mass is 293 g/mol. The number of ketones is 1. The molecule has 0 unspecified atom stereocenters. The molecule has 19 heavy (non-hydrogen) atoms. The normalized spacial score (nSPS) is 22.3. The van der Waals surface area contributed by atoms with Gasteiger partial charge in [0, 0.05) is 22.6 Å². The van der Waals surface area contributed by atoms with Gasteiger partial charge in [0.1, 0.15) is 5.78 Å². The lowest BCUT2D eigenvalue weighted by Crippen LogP contribution is -2.02. The number of halogens is 1. The van der Waals surface area contributed by atoms with Crippen molar-refractivity contribution >= 4 is 34.9 Å². The van der Waals surface area contributed by atoms with Crippen molar-refractivity contribution in [3.8, 4) is 0 Å². The Morgan fingerprint density at radius 3 is 2.84 bits per heavy atom. The van der Waals surface area contributed by atoms with Crippen molar-refractivity contribution < 1.29 is 4.79 Å². The van der Waals surface area contributed by atoms with Crippen molar-refractivity contribution in [1.29, 1.82) is 5.41 Å². The lowest BCUT2D eigenvalue weighted by atomic mass is 10.1. The third-order valence-electron chi connectivity index (χ3n) is 2.33. The molecule has 1 rings (SSSR count). The Kier molecular flexibility index (Phi) is 6.10. The number of carbonyl (C=O) groups excluding carboxylic acids is 1. The molecule has 0 aromatic carbocycles. The molecule has 0 radical (unpaired) electrons. The molecule has 1 aliphatic carbocycles. The Morgan fingerprint density at radius 2 is 2.26 bits per heavy atom. The number of nitrogens with one attached hydrogen (secondary N) is 1.